The van der Waals surface area contributed by atoms with Crippen LogP contribution in [-0.2, 0) is 17.9 Å². The van der Waals surface area contributed by atoms with Crippen molar-refractivity contribution >= 4 is 46.1 Å². The zero-order valence-electron chi connectivity index (χ0n) is 20.2. The molecule has 1 amide bonds. The van der Waals surface area contributed by atoms with Crippen LogP contribution in [0.1, 0.15) is 48.4 Å². The second kappa shape index (κ2) is 9.99. The molecule has 10 heteroatoms. The largest absolute Gasteiger partial charge is 0.454 e. The summed E-state index contributed by atoms with van der Waals surface area (Å²) in [4.78, 5) is 30.9. The van der Waals surface area contributed by atoms with Gasteiger partial charge in [0.05, 0.1) is 11.4 Å². The van der Waals surface area contributed by atoms with Crippen LogP contribution in [0.5, 0.6) is 11.5 Å². The number of benzene rings is 1. The number of piperidine rings is 1. The molecule has 5 rings (SSSR count). The maximum atomic E-state index is 13.5. The molecule has 186 valence electrons. The molecule has 3 aliphatic rings. The highest BCUT2D eigenvalue weighted by Gasteiger charge is 2.34. The van der Waals surface area contributed by atoms with Gasteiger partial charge in [0.15, 0.2) is 11.5 Å². The number of fused-ring (bicyclic) bond motifs is 1. The van der Waals surface area contributed by atoms with Crippen LogP contribution in [-0.4, -0.2) is 39.6 Å². The Morgan fingerprint density at radius 2 is 1.92 bits per heavy atom. The van der Waals surface area contributed by atoms with Crippen LogP contribution in [0.15, 0.2) is 27.9 Å². The molecule has 2 saturated heterocycles. The van der Waals surface area contributed by atoms with E-state index in [4.69, 9.17) is 21.7 Å². The lowest BCUT2D eigenvalue weighted by Gasteiger charge is -2.33. The summed E-state index contributed by atoms with van der Waals surface area (Å²) in [6, 6.07) is 7.67. The number of amides is 1. The monoisotopic (exact) mass is 522 g/mol. The van der Waals surface area contributed by atoms with E-state index in [0.29, 0.717) is 39.4 Å². The van der Waals surface area contributed by atoms with Crippen molar-refractivity contribution < 1.29 is 14.3 Å². The Bertz CT molecular complexity index is 1390. The molecular formula is C26H26N4O4S2. The molecule has 0 atom stereocenters. The van der Waals surface area contributed by atoms with Gasteiger partial charge >= 0.3 is 0 Å². The first-order valence-corrected chi connectivity index (χ1v) is 13.2. The average molecular weight is 523 g/mol. The standard InChI is InChI=1S/C26H26N4O4S2/c1-3-29-23(28-9-5-4-6-10-28)18(16(2)19(13-27)24(29)31)12-22-25(32)30(26(35)36-22)14-17-7-8-20-21(11-17)34-15-33-20/h7-8,11-12H,3-6,9-10,14-15H2,1-2H3/b22-12+. The van der Waals surface area contributed by atoms with E-state index in [1.54, 1.807) is 16.4 Å². The van der Waals surface area contributed by atoms with E-state index in [9.17, 15) is 14.9 Å². The number of carbonyl (C=O) groups is 1. The molecule has 4 heterocycles. The summed E-state index contributed by atoms with van der Waals surface area (Å²) in [5, 5.41) is 9.75. The Hall–Kier alpha value is -3.29. The van der Waals surface area contributed by atoms with Gasteiger partial charge < -0.3 is 14.4 Å². The highest BCUT2D eigenvalue weighted by Crippen LogP contribution is 2.38. The first-order chi connectivity index (χ1) is 17.4. The van der Waals surface area contributed by atoms with Crippen LogP contribution in [0.3, 0.4) is 0 Å². The van der Waals surface area contributed by atoms with Crippen LogP contribution in [0.25, 0.3) is 6.08 Å². The molecule has 2 fully saturated rings. The number of aromatic nitrogens is 1. The quantitative estimate of drug-likeness (QED) is 0.427. The molecule has 0 saturated carbocycles. The fourth-order valence-corrected chi connectivity index (χ4v) is 6.11. The van der Waals surface area contributed by atoms with Gasteiger partial charge in [0, 0.05) is 25.2 Å². The summed E-state index contributed by atoms with van der Waals surface area (Å²) < 4.78 is 13.0. The minimum absolute atomic E-state index is 0.111. The van der Waals surface area contributed by atoms with E-state index >= 15 is 0 Å². The van der Waals surface area contributed by atoms with Crippen LogP contribution in [0, 0.1) is 18.3 Å². The third-order valence-corrected chi connectivity index (χ3v) is 8.12. The number of pyridine rings is 1. The second-order valence-corrected chi connectivity index (χ2v) is 10.6. The predicted molar refractivity (Wildman–Crippen MR) is 143 cm³/mol. The normalized spacial score (nSPS) is 18.3. The number of nitriles is 1. The van der Waals surface area contributed by atoms with Gasteiger partial charge in [-0.3, -0.25) is 19.1 Å². The van der Waals surface area contributed by atoms with Crippen molar-refractivity contribution in [2.45, 2.75) is 46.2 Å². The first-order valence-electron chi connectivity index (χ1n) is 12.0. The molecule has 0 bridgehead atoms. The van der Waals surface area contributed by atoms with Crippen LogP contribution in [0.2, 0.25) is 0 Å². The van der Waals surface area contributed by atoms with E-state index in [1.807, 2.05) is 31.2 Å². The molecule has 36 heavy (non-hydrogen) atoms. The van der Waals surface area contributed by atoms with Gasteiger partial charge in [-0.2, -0.15) is 5.26 Å². The highest BCUT2D eigenvalue weighted by atomic mass is 32.2. The Balaban J connectivity index is 1.54. The highest BCUT2D eigenvalue weighted by molar-refractivity contribution is 8.26. The van der Waals surface area contributed by atoms with Crippen LogP contribution >= 0.6 is 24.0 Å². The number of rotatable bonds is 5. The van der Waals surface area contributed by atoms with E-state index in [-0.39, 0.29) is 23.8 Å². The molecule has 0 aliphatic carbocycles. The van der Waals surface area contributed by atoms with Crippen LogP contribution in [0.4, 0.5) is 5.82 Å². The number of anilines is 1. The SMILES string of the molecule is CCn1c(N2CCCCC2)c(/C=C2/SC(=S)N(Cc3ccc4c(c3)OCO4)C2=O)c(C)c(C#N)c1=O. The number of thioether (sulfide) groups is 1. The van der Waals surface area contributed by atoms with Gasteiger partial charge in [-0.1, -0.05) is 30.0 Å². The molecule has 1 aromatic carbocycles. The van der Waals surface area contributed by atoms with Crippen molar-refractivity contribution in [2.75, 3.05) is 24.8 Å². The maximum Gasteiger partial charge on any atom is 0.270 e. The van der Waals surface area contributed by atoms with Gasteiger partial charge in [-0.15, -0.1) is 0 Å². The van der Waals surface area contributed by atoms with Crippen molar-refractivity contribution in [3.05, 3.63) is 55.7 Å². The Morgan fingerprint density at radius 3 is 2.64 bits per heavy atom. The molecule has 0 radical (unpaired) electrons. The lowest BCUT2D eigenvalue weighted by Crippen LogP contribution is -2.37. The number of hydrogen-bond donors (Lipinski definition) is 0. The van der Waals surface area contributed by atoms with E-state index in [1.165, 1.54) is 11.8 Å². The van der Waals surface area contributed by atoms with Crippen LogP contribution < -0.4 is 19.9 Å². The zero-order valence-corrected chi connectivity index (χ0v) is 21.8. The van der Waals surface area contributed by atoms with Gasteiger partial charge in [0.2, 0.25) is 6.79 Å². The first kappa shape index (κ1) is 24.4. The Labute approximate surface area is 219 Å². The molecule has 1 aromatic heterocycles. The molecule has 3 aliphatic heterocycles. The molecule has 2 aromatic rings. The van der Waals surface area contributed by atoms with E-state index in [2.05, 4.69) is 11.0 Å². The average Bonchev–Trinajstić information content (AvgIpc) is 3.46. The minimum Gasteiger partial charge on any atom is -0.454 e. The number of thiocarbonyl (C=S) groups is 1. The maximum absolute atomic E-state index is 13.5. The smallest absolute Gasteiger partial charge is 0.270 e. The topological polar surface area (TPSA) is 87.8 Å². The number of hydrogen-bond acceptors (Lipinski definition) is 8. The summed E-state index contributed by atoms with van der Waals surface area (Å²) in [6.07, 6.45) is 5.03. The van der Waals surface area contributed by atoms with Gasteiger partial charge in [0.25, 0.3) is 11.5 Å². The van der Waals surface area contributed by atoms with E-state index in [0.717, 1.165) is 49.3 Å². The van der Waals surface area contributed by atoms with Gasteiger partial charge in [-0.25, -0.2) is 0 Å². The van der Waals surface area contributed by atoms with E-state index < -0.39 is 0 Å². The number of ether oxygens (including phenoxy) is 2. The molecule has 8 nitrogen and oxygen atoms in total. The summed E-state index contributed by atoms with van der Waals surface area (Å²) in [6.45, 7) is 6.28. The summed E-state index contributed by atoms with van der Waals surface area (Å²) in [5.41, 5.74) is 2.03. The predicted octanol–water partition coefficient (Wildman–Crippen LogP) is 4.17. The third kappa shape index (κ3) is 4.27. The Kier molecular flexibility index (Phi) is 6.77. The lowest BCUT2D eigenvalue weighted by molar-refractivity contribution is -0.122. The molecule has 0 spiro atoms. The number of nitrogens with zero attached hydrogens (tertiary/aromatic N) is 4. The Morgan fingerprint density at radius 1 is 1.17 bits per heavy atom. The van der Waals surface area contributed by atoms with Crippen molar-refractivity contribution in [2.24, 2.45) is 0 Å². The van der Waals surface area contributed by atoms with Crippen molar-refractivity contribution in [3.63, 3.8) is 0 Å². The lowest BCUT2D eigenvalue weighted by atomic mass is 10.0. The second-order valence-electron chi connectivity index (χ2n) is 8.90. The van der Waals surface area contributed by atoms with Crippen molar-refractivity contribution in [1.82, 2.24) is 9.47 Å². The number of carbonyl (C=O) groups excluding carboxylic acids is 1. The summed E-state index contributed by atoms with van der Waals surface area (Å²) in [5.74, 6) is 1.92. The third-order valence-electron chi connectivity index (χ3n) is 6.74. The van der Waals surface area contributed by atoms with Gasteiger partial charge in [-0.05, 0) is 62.4 Å². The molecule has 0 unspecified atom stereocenters. The summed E-state index contributed by atoms with van der Waals surface area (Å²) >= 11 is 6.81. The summed E-state index contributed by atoms with van der Waals surface area (Å²) in [7, 11) is 0. The fourth-order valence-electron chi connectivity index (χ4n) is 4.87. The molecular weight excluding hydrogens is 496 g/mol. The van der Waals surface area contributed by atoms with Crippen molar-refractivity contribution in [3.8, 4) is 17.6 Å². The minimum atomic E-state index is -0.286. The van der Waals surface area contributed by atoms with Gasteiger partial charge in [0.1, 0.15) is 21.8 Å². The zero-order chi connectivity index (χ0) is 25.4. The van der Waals surface area contributed by atoms with Crippen molar-refractivity contribution in [1.29, 1.82) is 5.26 Å². The fraction of sp³-hybridized carbons (Fsp3) is 0.385. The molecule has 0 N–H and O–H groups in total.